The maximum absolute atomic E-state index is 12.3. The number of ketones is 1. The molecule has 1 aromatic rings. The highest BCUT2D eigenvalue weighted by molar-refractivity contribution is 6.32. The predicted molar refractivity (Wildman–Crippen MR) is 91.0 cm³/mol. The number of halogens is 1. The van der Waals surface area contributed by atoms with Crippen LogP contribution < -0.4 is 4.74 Å². The largest absolute Gasteiger partial charge is 0.492 e. The molecule has 2 rings (SSSR count). The number of carbonyl (C=O) groups is 1. The molecule has 1 aromatic carbocycles. The lowest BCUT2D eigenvalue weighted by Gasteiger charge is -2.30. The zero-order valence-corrected chi connectivity index (χ0v) is 14.4. The zero-order chi connectivity index (χ0) is 15.9. The smallest absolute Gasteiger partial charge is 0.164 e. The van der Waals surface area contributed by atoms with E-state index in [0.29, 0.717) is 29.4 Å². The van der Waals surface area contributed by atoms with Crippen LogP contribution in [-0.4, -0.2) is 36.9 Å². The number of likely N-dealkylation sites (tertiary alicyclic amines) is 1. The van der Waals surface area contributed by atoms with Gasteiger partial charge in [0.05, 0.1) is 11.6 Å². The van der Waals surface area contributed by atoms with Gasteiger partial charge in [-0.05, 0) is 49.9 Å². The van der Waals surface area contributed by atoms with Gasteiger partial charge in [-0.1, -0.05) is 25.4 Å². The van der Waals surface area contributed by atoms with Crippen molar-refractivity contribution in [3.63, 3.8) is 0 Å². The van der Waals surface area contributed by atoms with Crippen molar-refractivity contribution in [2.75, 3.05) is 26.2 Å². The molecule has 0 aliphatic carbocycles. The molecule has 1 saturated heterocycles. The summed E-state index contributed by atoms with van der Waals surface area (Å²) in [7, 11) is 0. The number of nitrogens with zero attached hydrogens (tertiary/aromatic N) is 1. The average Bonchev–Trinajstić information content (AvgIpc) is 2.51. The van der Waals surface area contributed by atoms with Crippen LogP contribution in [0.4, 0.5) is 0 Å². The Morgan fingerprint density at radius 2 is 2.27 bits per heavy atom. The molecule has 0 N–H and O–H groups in total. The van der Waals surface area contributed by atoms with Crippen LogP contribution in [0.15, 0.2) is 18.2 Å². The number of Topliss-reactive ketones (excluding diaryl/α,β-unsaturated/α-hetero) is 1. The lowest BCUT2D eigenvalue weighted by Crippen LogP contribution is -2.35. The molecule has 0 saturated carbocycles. The Labute approximate surface area is 138 Å². The molecule has 0 aromatic heterocycles. The van der Waals surface area contributed by atoms with Gasteiger partial charge < -0.3 is 9.64 Å². The Morgan fingerprint density at radius 3 is 2.95 bits per heavy atom. The molecule has 4 heteroatoms. The molecule has 1 aliphatic heterocycles. The maximum Gasteiger partial charge on any atom is 0.164 e. The minimum absolute atomic E-state index is 0.155. The van der Waals surface area contributed by atoms with Crippen molar-refractivity contribution in [3.8, 4) is 5.75 Å². The van der Waals surface area contributed by atoms with Crippen molar-refractivity contribution < 1.29 is 9.53 Å². The third-order valence-electron chi connectivity index (χ3n) is 4.11. The molecule has 1 fully saturated rings. The summed E-state index contributed by atoms with van der Waals surface area (Å²) in [6.45, 7) is 8.03. The van der Waals surface area contributed by atoms with Crippen LogP contribution in [0.5, 0.6) is 5.75 Å². The average molecular weight is 324 g/mol. The number of ether oxygens (including phenoxy) is 1. The molecule has 122 valence electrons. The summed E-state index contributed by atoms with van der Waals surface area (Å²) in [4.78, 5) is 14.7. The highest BCUT2D eigenvalue weighted by Gasteiger charge is 2.17. The lowest BCUT2D eigenvalue weighted by molar-refractivity contribution is 0.0949. The molecule has 1 unspecified atom stereocenters. The molecular formula is C18H26ClNO2. The summed E-state index contributed by atoms with van der Waals surface area (Å²) in [6, 6.07) is 5.35. The molecule has 1 atom stereocenters. The van der Waals surface area contributed by atoms with Crippen LogP contribution in [0, 0.1) is 5.92 Å². The van der Waals surface area contributed by atoms with Crippen molar-refractivity contribution in [3.05, 3.63) is 28.8 Å². The van der Waals surface area contributed by atoms with E-state index < -0.39 is 0 Å². The lowest BCUT2D eigenvalue weighted by atomic mass is 9.99. The van der Waals surface area contributed by atoms with Crippen molar-refractivity contribution >= 4 is 17.4 Å². The standard InChI is InChI=1S/C18H26ClNO2/c1-3-11-22-18-7-6-15(12-16(18)19)17(21)8-10-20-9-4-5-14(2)13-20/h6-7,12,14H,3-5,8-11,13H2,1-2H3. The Bertz CT molecular complexity index is 504. The van der Waals surface area contributed by atoms with Gasteiger partial charge in [-0.25, -0.2) is 0 Å². The van der Waals surface area contributed by atoms with E-state index in [1.165, 1.54) is 12.8 Å². The van der Waals surface area contributed by atoms with Crippen molar-refractivity contribution in [1.82, 2.24) is 4.90 Å². The van der Waals surface area contributed by atoms with Gasteiger partial charge in [0.2, 0.25) is 0 Å². The summed E-state index contributed by atoms with van der Waals surface area (Å²) in [5.74, 6) is 1.56. The van der Waals surface area contributed by atoms with E-state index in [1.54, 1.807) is 12.1 Å². The maximum atomic E-state index is 12.3. The SMILES string of the molecule is CCCOc1ccc(C(=O)CCN2CCCC(C)C2)cc1Cl. The van der Waals surface area contributed by atoms with Gasteiger partial charge >= 0.3 is 0 Å². The first-order valence-corrected chi connectivity index (χ1v) is 8.66. The van der Waals surface area contributed by atoms with Crippen LogP contribution in [0.3, 0.4) is 0 Å². The Morgan fingerprint density at radius 1 is 1.45 bits per heavy atom. The van der Waals surface area contributed by atoms with E-state index in [-0.39, 0.29) is 5.78 Å². The number of hydrogen-bond acceptors (Lipinski definition) is 3. The van der Waals surface area contributed by atoms with Gasteiger partial charge in [-0.2, -0.15) is 0 Å². The minimum atomic E-state index is 0.155. The predicted octanol–water partition coefficient (Wildman–Crippen LogP) is 4.43. The molecule has 0 spiro atoms. The van der Waals surface area contributed by atoms with Gasteiger partial charge in [0.25, 0.3) is 0 Å². The van der Waals surface area contributed by atoms with Crippen molar-refractivity contribution in [2.45, 2.75) is 39.5 Å². The van der Waals surface area contributed by atoms with Gasteiger partial charge in [0, 0.05) is 25.1 Å². The van der Waals surface area contributed by atoms with Crippen LogP contribution in [0.25, 0.3) is 0 Å². The summed E-state index contributed by atoms with van der Waals surface area (Å²) in [5, 5.41) is 0.519. The Kier molecular flexibility index (Phi) is 6.71. The Balaban J connectivity index is 1.88. The summed E-state index contributed by atoms with van der Waals surface area (Å²) < 4.78 is 5.54. The van der Waals surface area contributed by atoms with Crippen molar-refractivity contribution in [2.24, 2.45) is 5.92 Å². The molecule has 1 aliphatic rings. The van der Waals surface area contributed by atoms with E-state index >= 15 is 0 Å². The molecular weight excluding hydrogens is 298 g/mol. The fourth-order valence-corrected chi connectivity index (χ4v) is 3.13. The summed E-state index contributed by atoms with van der Waals surface area (Å²) in [6.07, 6.45) is 4.04. The van der Waals surface area contributed by atoms with E-state index in [1.807, 2.05) is 13.0 Å². The second-order valence-corrected chi connectivity index (χ2v) is 6.62. The number of rotatable bonds is 7. The minimum Gasteiger partial charge on any atom is -0.492 e. The quantitative estimate of drug-likeness (QED) is 0.695. The first-order chi connectivity index (χ1) is 10.6. The fraction of sp³-hybridized carbons (Fsp3) is 0.611. The van der Waals surface area contributed by atoms with Crippen LogP contribution in [0.2, 0.25) is 5.02 Å². The Hall–Kier alpha value is -1.06. The van der Waals surface area contributed by atoms with Gasteiger partial charge in [-0.3, -0.25) is 4.79 Å². The fourth-order valence-electron chi connectivity index (χ4n) is 2.90. The van der Waals surface area contributed by atoms with Gasteiger partial charge in [0.15, 0.2) is 5.78 Å². The highest BCUT2D eigenvalue weighted by Crippen LogP contribution is 2.26. The van der Waals surface area contributed by atoms with Crippen molar-refractivity contribution in [1.29, 1.82) is 0 Å². The van der Waals surface area contributed by atoms with E-state index in [0.717, 1.165) is 32.0 Å². The first-order valence-electron chi connectivity index (χ1n) is 8.28. The highest BCUT2D eigenvalue weighted by atomic mass is 35.5. The molecule has 22 heavy (non-hydrogen) atoms. The molecule has 3 nitrogen and oxygen atoms in total. The second-order valence-electron chi connectivity index (χ2n) is 6.21. The monoisotopic (exact) mass is 323 g/mol. The number of piperidine rings is 1. The van der Waals surface area contributed by atoms with Crippen LogP contribution in [0.1, 0.15) is 49.9 Å². The second kappa shape index (κ2) is 8.54. The van der Waals surface area contributed by atoms with Crippen LogP contribution in [-0.2, 0) is 0 Å². The number of hydrogen-bond donors (Lipinski definition) is 0. The number of benzene rings is 1. The third kappa shape index (κ3) is 4.99. The topological polar surface area (TPSA) is 29.5 Å². The molecule has 0 radical (unpaired) electrons. The summed E-state index contributed by atoms with van der Waals surface area (Å²) in [5.41, 5.74) is 0.680. The van der Waals surface area contributed by atoms with Gasteiger partial charge in [0.1, 0.15) is 5.75 Å². The first kappa shape index (κ1) is 17.3. The third-order valence-corrected chi connectivity index (χ3v) is 4.41. The van der Waals surface area contributed by atoms with E-state index in [4.69, 9.17) is 16.3 Å². The van der Waals surface area contributed by atoms with Crippen LogP contribution >= 0.6 is 11.6 Å². The van der Waals surface area contributed by atoms with E-state index in [9.17, 15) is 4.79 Å². The molecule has 1 heterocycles. The normalized spacial score (nSPS) is 19.1. The number of carbonyl (C=O) groups excluding carboxylic acids is 1. The molecule has 0 amide bonds. The zero-order valence-electron chi connectivity index (χ0n) is 13.6. The molecule has 0 bridgehead atoms. The summed E-state index contributed by atoms with van der Waals surface area (Å²) >= 11 is 6.19. The van der Waals surface area contributed by atoms with E-state index in [2.05, 4.69) is 11.8 Å². The van der Waals surface area contributed by atoms with Gasteiger partial charge in [-0.15, -0.1) is 0 Å².